The van der Waals surface area contributed by atoms with E-state index in [1.54, 1.807) is 0 Å². The zero-order valence-electron chi connectivity index (χ0n) is 9.08. The summed E-state index contributed by atoms with van der Waals surface area (Å²) in [5, 5.41) is 0. The van der Waals surface area contributed by atoms with Crippen molar-refractivity contribution in [1.82, 2.24) is 4.90 Å². The Morgan fingerprint density at radius 1 is 1.20 bits per heavy atom. The Morgan fingerprint density at radius 2 is 2.00 bits per heavy atom. The minimum absolute atomic E-state index is 0.658. The zero-order valence-corrected chi connectivity index (χ0v) is 9.08. The number of nitrogens with two attached hydrogens (primary N) is 1. The second-order valence-corrected chi connectivity index (χ2v) is 4.71. The highest BCUT2D eigenvalue weighted by atomic mass is 15.2. The van der Waals surface area contributed by atoms with E-state index in [1.165, 1.54) is 49.9 Å². The van der Waals surface area contributed by atoms with Gasteiger partial charge in [0.15, 0.2) is 0 Å². The number of benzene rings is 1. The summed E-state index contributed by atoms with van der Waals surface area (Å²) in [7, 11) is 0. The molecule has 0 saturated carbocycles. The Morgan fingerprint density at radius 3 is 2.80 bits per heavy atom. The minimum atomic E-state index is 0.658. The van der Waals surface area contributed by atoms with E-state index >= 15 is 0 Å². The van der Waals surface area contributed by atoms with Crippen LogP contribution in [0.25, 0.3) is 0 Å². The topological polar surface area (TPSA) is 29.3 Å². The Balaban J connectivity index is 1.94. The molecule has 3 rings (SSSR count). The third-order valence-electron chi connectivity index (χ3n) is 3.86. The quantitative estimate of drug-likeness (QED) is 0.708. The first kappa shape index (κ1) is 9.22. The number of anilines is 1. The predicted molar refractivity (Wildman–Crippen MR) is 62.7 cm³/mol. The molecular formula is C13H18N2. The summed E-state index contributed by atoms with van der Waals surface area (Å²) in [6.45, 7) is 2.55. The highest BCUT2D eigenvalue weighted by Gasteiger charge is 2.30. The highest BCUT2D eigenvalue weighted by Crippen LogP contribution is 2.39. The summed E-state index contributed by atoms with van der Waals surface area (Å²) in [5.74, 6) is 0. The molecule has 0 bridgehead atoms. The third kappa shape index (κ3) is 1.44. The normalized spacial score (nSPS) is 25.7. The molecule has 1 aliphatic heterocycles. The first-order valence-corrected chi connectivity index (χ1v) is 5.97. The molecule has 0 aromatic heterocycles. The lowest BCUT2D eigenvalue weighted by Gasteiger charge is -2.24. The van der Waals surface area contributed by atoms with Gasteiger partial charge in [-0.15, -0.1) is 0 Å². The van der Waals surface area contributed by atoms with Crippen LogP contribution in [0.4, 0.5) is 5.69 Å². The van der Waals surface area contributed by atoms with Gasteiger partial charge in [-0.1, -0.05) is 12.1 Å². The lowest BCUT2D eigenvalue weighted by Crippen LogP contribution is -2.23. The second kappa shape index (κ2) is 3.53. The van der Waals surface area contributed by atoms with E-state index in [9.17, 15) is 0 Å². The molecule has 0 spiro atoms. The molecule has 2 N–H and O–H groups in total. The van der Waals surface area contributed by atoms with Crippen LogP contribution in [0.2, 0.25) is 0 Å². The van der Waals surface area contributed by atoms with E-state index in [1.807, 2.05) is 6.07 Å². The number of likely N-dealkylation sites (tertiary alicyclic amines) is 1. The van der Waals surface area contributed by atoms with E-state index in [4.69, 9.17) is 5.73 Å². The van der Waals surface area contributed by atoms with Crippen molar-refractivity contribution < 1.29 is 0 Å². The molecule has 0 radical (unpaired) electrons. The molecule has 1 aromatic rings. The summed E-state index contributed by atoms with van der Waals surface area (Å²) in [6.07, 6.45) is 5.18. The largest absolute Gasteiger partial charge is 0.398 e. The molecule has 15 heavy (non-hydrogen) atoms. The van der Waals surface area contributed by atoms with Crippen LogP contribution in [0.15, 0.2) is 18.2 Å². The molecule has 2 heteroatoms. The van der Waals surface area contributed by atoms with Crippen molar-refractivity contribution in [3.8, 4) is 0 Å². The Bertz CT molecular complexity index is 367. The van der Waals surface area contributed by atoms with Crippen molar-refractivity contribution >= 4 is 5.69 Å². The van der Waals surface area contributed by atoms with Gasteiger partial charge in [0.2, 0.25) is 0 Å². The molecule has 1 saturated heterocycles. The van der Waals surface area contributed by atoms with Crippen LogP contribution >= 0.6 is 0 Å². The number of nitrogens with zero attached hydrogens (tertiary/aromatic N) is 1. The number of nitrogen functional groups attached to an aromatic ring is 1. The zero-order chi connectivity index (χ0) is 10.3. The Hall–Kier alpha value is -1.02. The SMILES string of the molecule is Nc1cccc2c1CCC2N1CCCC1. The maximum Gasteiger partial charge on any atom is 0.0354 e. The van der Waals surface area contributed by atoms with Gasteiger partial charge in [0.05, 0.1) is 0 Å². The van der Waals surface area contributed by atoms with Gasteiger partial charge in [-0.2, -0.15) is 0 Å². The van der Waals surface area contributed by atoms with Gasteiger partial charge in [0.25, 0.3) is 0 Å². The lowest BCUT2D eigenvalue weighted by molar-refractivity contribution is 0.245. The maximum absolute atomic E-state index is 6.01. The van der Waals surface area contributed by atoms with Crippen molar-refractivity contribution in [1.29, 1.82) is 0 Å². The Labute approximate surface area is 91.1 Å². The second-order valence-electron chi connectivity index (χ2n) is 4.71. The first-order valence-electron chi connectivity index (χ1n) is 5.97. The van der Waals surface area contributed by atoms with Crippen LogP contribution < -0.4 is 5.73 Å². The van der Waals surface area contributed by atoms with Gasteiger partial charge < -0.3 is 5.73 Å². The van der Waals surface area contributed by atoms with Gasteiger partial charge in [0, 0.05) is 11.7 Å². The summed E-state index contributed by atoms with van der Waals surface area (Å²) in [5.41, 5.74) is 9.92. The Kier molecular flexibility index (Phi) is 2.17. The molecule has 1 atom stereocenters. The van der Waals surface area contributed by atoms with Crippen LogP contribution in [-0.2, 0) is 6.42 Å². The summed E-state index contributed by atoms with van der Waals surface area (Å²) < 4.78 is 0. The first-order chi connectivity index (χ1) is 7.36. The minimum Gasteiger partial charge on any atom is -0.398 e. The van der Waals surface area contributed by atoms with Crippen molar-refractivity contribution in [2.45, 2.75) is 31.7 Å². The molecule has 2 aliphatic rings. The molecule has 0 amide bonds. The number of hydrogen-bond donors (Lipinski definition) is 1. The van der Waals surface area contributed by atoms with Crippen LogP contribution in [0, 0.1) is 0 Å². The van der Waals surface area contributed by atoms with E-state index in [-0.39, 0.29) is 0 Å². The van der Waals surface area contributed by atoms with Gasteiger partial charge >= 0.3 is 0 Å². The van der Waals surface area contributed by atoms with Crippen molar-refractivity contribution in [2.75, 3.05) is 18.8 Å². The summed E-state index contributed by atoms with van der Waals surface area (Å²) in [6, 6.07) is 7.06. The molecule has 1 heterocycles. The predicted octanol–water partition coefficient (Wildman–Crippen LogP) is 2.35. The van der Waals surface area contributed by atoms with Crippen LogP contribution in [0.5, 0.6) is 0 Å². The molecule has 1 aliphatic carbocycles. The van der Waals surface area contributed by atoms with Gasteiger partial charge in [-0.3, -0.25) is 4.90 Å². The fourth-order valence-electron chi connectivity index (χ4n) is 3.09. The molecule has 1 aromatic carbocycles. The molecule has 2 nitrogen and oxygen atoms in total. The van der Waals surface area contributed by atoms with Crippen molar-refractivity contribution in [3.63, 3.8) is 0 Å². The number of rotatable bonds is 1. The van der Waals surface area contributed by atoms with Gasteiger partial charge in [0.1, 0.15) is 0 Å². The van der Waals surface area contributed by atoms with Crippen molar-refractivity contribution in [3.05, 3.63) is 29.3 Å². The highest BCUT2D eigenvalue weighted by molar-refractivity contribution is 5.54. The van der Waals surface area contributed by atoms with E-state index in [0.717, 1.165) is 5.69 Å². The van der Waals surface area contributed by atoms with Crippen LogP contribution in [-0.4, -0.2) is 18.0 Å². The summed E-state index contributed by atoms with van der Waals surface area (Å²) >= 11 is 0. The van der Waals surface area contributed by atoms with Gasteiger partial charge in [-0.05, 0) is 56.0 Å². The number of fused-ring (bicyclic) bond motifs is 1. The van der Waals surface area contributed by atoms with Crippen molar-refractivity contribution in [2.24, 2.45) is 0 Å². The van der Waals surface area contributed by atoms with E-state index in [2.05, 4.69) is 17.0 Å². The monoisotopic (exact) mass is 202 g/mol. The smallest absolute Gasteiger partial charge is 0.0354 e. The fraction of sp³-hybridized carbons (Fsp3) is 0.538. The molecule has 80 valence electrons. The standard InChI is InChI=1S/C13H18N2/c14-12-5-3-4-11-10(12)6-7-13(11)15-8-1-2-9-15/h3-5,13H,1-2,6-9,14H2. The lowest BCUT2D eigenvalue weighted by atomic mass is 10.1. The van der Waals surface area contributed by atoms with E-state index < -0.39 is 0 Å². The van der Waals surface area contributed by atoms with Crippen LogP contribution in [0.3, 0.4) is 0 Å². The molecular weight excluding hydrogens is 184 g/mol. The molecule has 1 fully saturated rings. The average molecular weight is 202 g/mol. The number of hydrogen-bond acceptors (Lipinski definition) is 2. The molecule has 1 unspecified atom stereocenters. The fourth-order valence-corrected chi connectivity index (χ4v) is 3.09. The third-order valence-corrected chi connectivity index (χ3v) is 3.86. The van der Waals surface area contributed by atoms with E-state index in [0.29, 0.717) is 6.04 Å². The van der Waals surface area contributed by atoms with Crippen LogP contribution in [0.1, 0.15) is 36.4 Å². The maximum atomic E-state index is 6.01. The van der Waals surface area contributed by atoms with Gasteiger partial charge in [-0.25, -0.2) is 0 Å². The average Bonchev–Trinajstić information content (AvgIpc) is 2.85. The summed E-state index contributed by atoms with van der Waals surface area (Å²) in [4.78, 5) is 2.63.